The van der Waals surface area contributed by atoms with Gasteiger partial charge in [0.15, 0.2) is 0 Å². The quantitative estimate of drug-likeness (QED) is 0.436. The topological polar surface area (TPSA) is 69.6 Å². The molecular weight excluding hydrogens is 472 g/mol. The molecule has 8 heteroatoms. The Hall–Kier alpha value is -2.16. The smallest absolute Gasteiger partial charge is 0.266 e. The Balaban J connectivity index is 1.58. The van der Waals surface area contributed by atoms with Crippen LogP contribution in [-0.4, -0.2) is 32.7 Å². The molecule has 29 heavy (non-hydrogen) atoms. The summed E-state index contributed by atoms with van der Waals surface area (Å²) >= 11 is 9.88. The number of anilines is 1. The molecule has 1 aliphatic heterocycles. The zero-order valence-electron chi connectivity index (χ0n) is 15.6. The van der Waals surface area contributed by atoms with Gasteiger partial charge in [0, 0.05) is 28.7 Å². The highest BCUT2D eigenvalue weighted by molar-refractivity contribution is 9.10. The van der Waals surface area contributed by atoms with Crippen molar-refractivity contribution in [3.63, 3.8) is 0 Å². The number of rotatable bonds is 6. The van der Waals surface area contributed by atoms with Gasteiger partial charge in [-0.05, 0) is 49.2 Å². The number of phenols is 1. The highest BCUT2D eigenvalue weighted by atomic mass is 79.9. The van der Waals surface area contributed by atoms with Gasteiger partial charge in [-0.1, -0.05) is 58.1 Å². The van der Waals surface area contributed by atoms with Crippen LogP contribution in [0.2, 0.25) is 0 Å². The van der Waals surface area contributed by atoms with Gasteiger partial charge in [0.2, 0.25) is 5.91 Å². The van der Waals surface area contributed by atoms with E-state index in [2.05, 4.69) is 21.2 Å². The standard InChI is InChI=1S/C21H19BrN2O3S2/c1-13-5-2-3-6-16(13)23-19(26)7-4-10-24-20(27)18(29-21(24)28)12-14-11-15(22)8-9-17(14)25/h2-3,5-6,8-9,11-12,25H,4,7,10H2,1H3,(H,23,26)/b18-12-. The van der Waals surface area contributed by atoms with Crippen LogP contribution in [0, 0.1) is 6.92 Å². The van der Waals surface area contributed by atoms with Crippen LogP contribution in [0.25, 0.3) is 6.08 Å². The monoisotopic (exact) mass is 490 g/mol. The molecule has 3 rings (SSSR count). The molecule has 1 heterocycles. The molecule has 0 aliphatic carbocycles. The predicted molar refractivity (Wildman–Crippen MR) is 125 cm³/mol. The fourth-order valence-electron chi connectivity index (χ4n) is 2.80. The Morgan fingerprint density at radius 1 is 1.31 bits per heavy atom. The second-order valence-electron chi connectivity index (χ2n) is 6.50. The van der Waals surface area contributed by atoms with Gasteiger partial charge in [0.1, 0.15) is 10.1 Å². The first-order chi connectivity index (χ1) is 13.8. The van der Waals surface area contributed by atoms with Gasteiger partial charge in [0.05, 0.1) is 4.91 Å². The number of phenolic OH excluding ortho intramolecular Hbond substituents is 1. The number of carbonyl (C=O) groups is 2. The summed E-state index contributed by atoms with van der Waals surface area (Å²) in [6.45, 7) is 2.30. The largest absolute Gasteiger partial charge is 0.507 e. The molecule has 0 spiro atoms. The van der Waals surface area contributed by atoms with Crippen LogP contribution in [-0.2, 0) is 9.59 Å². The van der Waals surface area contributed by atoms with Crippen molar-refractivity contribution in [3.8, 4) is 5.75 Å². The number of thiocarbonyl (C=S) groups is 1. The zero-order chi connectivity index (χ0) is 21.0. The van der Waals surface area contributed by atoms with E-state index in [-0.39, 0.29) is 24.0 Å². The molecule has 1 saturated heterocycles. The number of nitrogens with one attached hydrogen (secondary N) is 1. The van der Waals surface area contributed by atoms with E-state index in [0.29, 0.717) is 27.8 Å². The van der Waals surface area contributed by atoms with Crippen molar-refractivity contribution >= 4 is 67.8 Å². The summed E-state index contributed by atoms with van der Waals surface area (Å²) in [7, 11) is 0. The maximum Gasteiger partial charge on any atom is 0.266 e. The second-order valence-corrected chi connectivity index (χ2v) is 9.09. The minimum Gasteiger partial charge on any atom is -0.507 e. The van der Waals surface area contributed by atoms with Crippen LogP contribution in [0.3, 0.4) is 0 Å². The van der Waals surface area contributed by atoms with Crippen LogP contribution < -0.4 is 5.32 Å². The molecule has 1 aliphatic rings. The van der Waals surface area contributed by atoms with Crippen molar-refractivity contribution in [2.75, 3.05) is 11.9 Å². The van der Waals surface area contributed by atoms with Gasteiger partial charge in [0.25, 0.3) is 5.91 Å². The van der Waals surface area contributed by atoms with Crippen LogP contribution in [0.5, 0.6) is 5.75 Å². The molecule has 2 N–H and O–H groups in total. The maximum atomic E-state index is 12.7. The first kappa shape index (κ1) is 21.5. The number of nitrogens with zero attached hydrogens (tertiary/aromatic N) is 1. The highest BCUT2D eigenvalue weighted by Gasteiger charge is 2.31. The van der Waals surface area contributed by atoms with E-state index in [1.807, 2.05) is 31.2 Å². The summed E-state index contributed by atoms with van der Waals surface area (Å²) in [4.78, 5) is 26.8. The second kappa shape index (κ2) is 9.56. The number of halogens is 1. The molecule has 150 valence electrons. The summed E-state index contributed by atoms with van der Waals surface area (Å²) in [6, 6.07) is 12.6. The molecule has 1 fully saturated rings. The van der Waals surface area contributed by atoms with E-state index >= 15 is 0 Å². The maximum absolute atomic E-state index is 12.7. The van der Waals surface area contributed by atoms with Gasteiger partial charge in [-0.15, -0.1) is 0 Å². The van der Waals surface area contributed by atoms with E-state index in [0.717, 1.165) is 15.7 Å². The minimum absolute atomic E-state index is 0.0892. The van der Waals surface area contributed by atoms with E-state index in [1.54, 1.807) is 24.3 Å². The first-order valence-corrected chi connectivity index (χ1v) is 11.0. The third-order valence-corrected chi connectivity index (χ3v) is 6.23. The van der Waals surface area contributed by atoms with Crippen molar-refractivity contribution in [3.05, 3.63) is 63.0 Å². The summed E-state index contributed by atoms with van der Waals surface area (Å²) < 4.78 is 1.26. The lowest BCUT2D eigenvalue weighted by atomic mass is 10.2. The van der Waals surface area contributed by atoms with E-state index in [9.17, 15) is 14.7 Å². The number of para-hydroxylation sites is 1. The third kappa shape index (κ3) is 5.46. The van der Waals surface area contributed by atoms with Crippen molar-refractivity contribution in [2.45, 2.75) is 19.8 Å². The number of aryl methyl sites for hydroxylation is 1. The van der Waals surface area contributed by atoms with Gasteiger partial charge >= 0.3 is 0 Å². The molecule has 0 unspecified atom stereocenters. The predicted octanol–water partition coefficient (Wildman–Crippen LogP) is 5.08. The Morgan fingerprint density at radius 3 is 2.83 bits per heavy atom. The number of hydrogen-bond donors (Lipinski definition) is 2. The Kier molecular flexibility index (Phi) is 7.10. The summed E-state index contributed by atoms with van der Waals surface area (Å²) in [5.74, 6) is -0.218. The molecule has 0 atom stereocenters. The van der Waals surface area contributed by atoms with Gasteiger partial charge in [-0.25, -0.2) is 0 Å². The molecule has 0 radical (unpaired) electrons. The van der Waals surface area contributed by atoms with Gasteiger partial charge in [-0.3, -0.25) is 14.5 Å². The van der Waals surface area contributed by atoms with E-state index in [4.69, 9.17) is 12.2 Å². The number of carbonyl (C=O) groups excluding carboxylic acids is 2. The Bertz CT molecular complexity index is 1010. The van der Waals surface area contributed by atoms with Crippen LogP contribution in [0.4, 0.5) is 5.69 Å². The summed E-state index contributed by atoms with van der Waals surface area (Å²) in [5.41, 5.74) is 2.33. The lowest BCUT2D eigenvalue weighted by Gasteiger charge is -2.14. The number of hydrogen-bond acceptors (Lipinski definition) is 5. The summed E-state index contributed by atoms with van der Waals surface area (Å²) in [6.07, 6.45) is 2.42. The Labute approximate surface area is 187 Å². The summed E-state index contributed by atoms with van der Waals surface area (Å²) in [5, 5.41) is 12.9. The number of amides is 2. The van der Waals surface area contributed by atoms with Crippen LogP contribution >= 0.6 is 39.9 Å². The van der Waals surface area contributed by atoms with Crippen LogP contribution in [0.15, 0.2) is 51.8 Å². The third-order valence-electron chi connectivity index (χ3n) is 4.35. The molecule has 0 saturated carbocycles. The van der Waals surface area contributed by atoms with Crippen molar-refractivity contribution in [2.24, 2.45) is 0 Å². The van der Waals surface area contributed by atoms with Gasteiger partial charge in [-0.2, -0.15) is 0 Å². The van der Waals surface area contributed by atoms with Crippen molar-refractivity contribution in [1.82, 2.24) is 4.90 Å². The molecule has 2 amide bonds. The fourth-order valence-corrected chi connectivity index (χ4v) is 4.48. The zero-order valence-corrected chi connectivity index (χ0v) is 18.9. The molecular formula is C21H19BrN2O3S2. The van der Waals surface area contributed by atoms with E-state index < -0.39 is 0 Å². The number of thioether (sulfide) groups is 1. The Morgan fingerprint density at radius 2 is 2.07 bits per heavy atom. The highest BCUT2D eigenvalue weighted by Crippen LogP contribution is 2.34. The minimum atomic E-state index is -0.210. The lowest BCUT2D eigenvalue weighted by molar-refractivity contribution is -0.122. The molecule has 5 nitrogen and oxygen atoms in total. The van der Waals surface area contributed by atoms with E-state index in [1.165, 1.54) is 16.7 Å². The van der Waals surface area contributed by atoms with Crippen LogP contribution in [0.1, 0.15) is 24.0 Å². The first-order valence-electron chi connectivity index (χ1n) is 8.94. The molecule has 2 aromatic carbocycles. The SMILES string of the molecule is Cc1ccccc1NC(=O)CCCN1C(=O)/C(=C/c2cc(Br)ccc2O)SC1=S. The molecule has 0 aromatic heterocycles. The molecule has 0 bridgehead atoms. The van der Waals surface area contributed by atoms with Crippen molar-refractivity contribution in [1.29, 1.82) is 0 Å². The lowest BCUT2D eigenvalue weighted by Crippen LogP contribution is -2.29. The number of aromatic hydroxyl groups is 1. The van der Waals surface area contributed by atoms with Gasteiger partial charge < -0.3 is 10.4 Å². The van der Waals surface area contributed by atoms with Crippen molar-refractivity contribution < 1.29 is 14.7 Å². The average Bonchev–Trinajstić information content (AvgIpc) is 2.94. The average molecular weight is 491 g/mol. The fraction of sp³-hybridized carbons (Fsp3) is 0.190. The number of benzene rings is 2. The molecule has 2 aromatic rings. The normalized spacial score (nSPS) is 15.2.